The van der Waals surface area contributed by atoms with Crippen LogP contribution in [0.2, 0.25) is 0 Å². The summed E-state index contributed by atoms with van der Waals surface area (Å²) in [6.45, 7) is -0.193. The monoisotopic (exact) mass is 200 g/mol. The molecule has 4 atom stereocenters. The molecule has 1 heterocycles. The van der Waals surface area contributed by atoms with E-state index in [-0.39, 0.29) is 30.5 Å². The van der Waals surface area contributed by atoms with Crippen molar-refractivity contribution in [2.24, 2.45) is 11.8 Å². The quantitative estimate of drug-likeness (QED) is 0.633. The van der Waals surface area contributed by atoms with E-state index in [1.807, 2.05) is 0 Å². The van der Waals surface area contributed by atoms with Crippen LogP contribution in [-0.4, -0.2) is 35.0 Å². The predicted octanol–water partition coefficient (Wildman–Crippen LogP) is 0.0714. The van der Waals surface area contributed by atoms with Gasteiger partial charge in [-0.3, -0.25) is 4.79 Å². The van der Waals surface area contributed by atoms with Gasteiger partial charge in [0.25, 0.3) is 0 Å². The Bertz CT molecular complexity index is 228. The topological polar surface area (TPSA) is 66.8 Å². The molecule has 0 aromatic rings. The molecule has 4 heteroatoms. The van der Waals surface area contributed by atoms with Gasteiger partial charge in [0.2, 0.25) is 0 Å². The van der Waals surface area contributed by atoms with Crippen molar-refractivity contribution in [2.75, 3.05) is 6.61 Å². The first-order chi connectivity index (χ1) is 6.72. The summed E-state index contributed by atoms with van der Waals surface area (Å²) in [5, 5.41) is 18.1. The van der Waals surface area contributed by atoms with E-state index >= 15 is 0 Å². The highest BCUT2D eigenvalue weighted by Gasteiger charge is 2.48. The molecule has 0 bridgehead atoms. The third-order valence-corrected chi connectivity index (χ3v) is 3.20. The number of cyclic esters (lactones) is 1. The molecular weight excluding hydrogens is 184 g/mol. The molecule has 1 aliphatic carbocycles. The van der Waals surface area contributed by atoms with Gasteiger partial charge in [-0.1, -0.05) is 0 Å². The molecule has 2 rings (SSSR count). The SMILES string of the molecule is O=C1CCC[C@H]([C@@H]2C[C@H]2[C@H](O)CO)O1. The molecule has 1 aliphatic heterocycles. The summed E-state index contributed by atoms with van der Waals surface area (Å²) in [7, 11) is 0. The van der Waals surface area contributed by atoms with Crippen LogP contribution in [0.3, 0.4) is 0 Å². The average molecular weight is 200 g/mol. The molecule has 80 valence electrons. The second-order valence-corrected chi connectivity index (χ2v) is 4.23. The van der Waals surface area contributed by atoms with Crippen molar-refractivity contribution in [3.05, 3.63) is 0 Å². The van der Waals surface area contributed by atoms with Gasteiger partial charge in [-0.2, -0.15) is 0 Å². The summed E-state index contributed by atoms with van der Waals surface area (Å²) in [5.74, 6) is 0.294. The number of esters is 1. The minimum Gasteiger partial charge on any atom is -0.462 e. The third kappa shape index (κ3) is 1.91. The molecule has 0 radical (unpaired) electrons. The van der Waals surface area contributed by atoms with Crippen molar-refractivity contribution in [1.82, 2.24) is 0 Å². The predicted molar refractivity (Wildman–Crippen MR) is 48.4 cm³/mol. The minimum atomic E-state index is -0.638. The first kappa shape index (κ1) is 9.93. The Balaban J connectivity index is 1.83. The molecule has 1 saturated carbocycles. The lowest BCUT2D eigenvalue weighted by molar-refractivity contribution is -0.155. The third-order valence-electron chi connectivity index (χ3n) is 3.20. The molecule has 0 aromatic heterocycles. The van der Waals surface area contributed by atoms with Gasteiger partial charge in [0.1, 0.15) is 6.10 Å². The molecule has 4 nitrogen and oxygen atoms in total. The zero-order valence-corrected chi connectivity index (χ0v) is 8.06. The van der Waals surface area contributed by atoms with Crippen LogP contribution in [0.25, 0.3) is 0 Å². The fourth-order valence-corrected chi connectivity index (χ4v) is 2.28. The molecule has 2 fully saturated rings. The van der Waals surface area contributed by atoms with Crippen LogP contribution in [0.15, 0.2) is 0 Å². The highest BCUT2D eigenvalue weighted by molar-refractivity contribution is 5.70. The van der Waals surface area contributed by atoms with Gasteiger partial charge in [0.05, 0.1) is 12.7 Å². The Morgan fingerprint density at radius 3 is 3.00 bits per heavy atom. The lowest BCUT2D eigenvalue weighted by Gasteiger charge is -2.22. The normalized spacial score (nSPS) is 39.0. The van der Waals surface area contributed by atoms with Gasteiger partial charge >= 0.3 is 5.97 Å². The van der Waals surface area contributed by atoms with Gasteiger partial charge in [-0.15, -0.1) is 0 Å². The van der Waals surface area contributed by atoms with Crippen LogP contribution in [0, 0.1) is 11.8 Å². The molecule has 2 aliphatic rings. The average Bonchev–Trinajstić information content (AvgIpc) is 2.96. The van der Waals surface area contributed by atoms with Crippen LogP contribution in [-0.2, 0) is 9.53 Å². The molecule has 0 aromatic carbocycles. The first-order valence-corrected chi connectivity index (χ1v) is 5.20. The largest absolute Gasteiger partial charge is 0.462 e. The zero-order chi connectivity index (χ0) is 10.1. The maximum absolute atomic E-state index is 11.0. The second kappa shape index (κ2) is 3.87. The number of carbonyl (C=O) groups is 1. The summed E-state index contributed by atoms with van der Waals surface area (Å²) in [6.07, 6.45) is 2.55. The number of hydrogen-bond donors (Lipinski definition) is 2. The number of hydrogen-bond acceptors (Lipinski definition) is 4. The van der Waals surface area contributed by atoms with Gasteiger partial charge < -0.3 is 14.9 Å². The Labute approximate surface area is 82.9 Å². The van der Waals surface area contributed by atoms with Crippen molar-refractivity contribution in [1.29, 1.82) is 0 Å². The van der Waals surface area contributed by atoms with E-state index < -0.39 is 6.10 Å². The van der Waals surface area contributed by atoms with Crippen molar-refractivity contribution in [3.63, 3.8) is 0 Å². The number of carbonyl (C=O) groups excluding carboxylic acids is 1. The second-order valence-electron chi connectivity index (χ2n) is 4.23. The number of aliphatic hydroxyl groups excluding tert-OH is 2. The summed E-state index contributed by atoms with van der Waals surface area (Å²) in [6, 6.07) is 0. The van der Waals surface area contributed by atoms with E-state index in [4.69, 9.17) is 9.84 Å². The van der Waals surface area contributed by atoms with Gasteiger partial charge in [-0.25, -0.2) is 0 Å². The number of rotatable bonds is 3. The summed E-state index contributed by atoms with van der Waals surface area (Å²) >= 11 is 0. The molecule has 0 unspecified atom stereocenters. The minimum absolute atomic E-state index is 0.0116. The van der Waals surface area contributed by atoms with Crippen LogP contribution in [0.4, 0.5) is 0 Å². The van der Waals surface area contributed by atoms with E-state index in [2.05, 4.69) is 0 Å². The first-order valence-electron chi connectivity index (χ1n) is 5.20. The molecule has 0 spiro atoms. The Kier molecular flexibility index (Phi) is 2.74. The number of ether oxygens (including phenoxy) is 1. The smallest absolute Gasteiger partial charge is 0.306 e. The standard InChI is InChI=1S/C10H16O4/c11-5-8(12)6-4-7(6)9-2-1-3-10(13)14-9/h6-9,11-12H,1-5H2/t6-,7-,8-,9-/m1/s1. The van der Waals surface area contributed by atoms with E-state index in [9.17, 15) is 9.90 Å². The highest BCUT2D eigenvalue weighted by Crippen LogP contribution is 2.46. The van der Waals surface area contributed by atoms with Crippen LogP contribution in [0.5, 0.6) is 0 Å². The van der Waals surface area contributed by atoms with E-state index in [0.717, 1.165) is 19.3 Å². The summed E-state index contributed by atoms with van der Waals surface area (Å²) in [4.78, 5) is 11.0. The number of aliphatic hydroxyl groups is 2. The van der Waals surface area contributed by atoms with Crippen molar-refractivity contribution in [3.8, 4) is 0 Å². The fraction of sp³-hybridized carbons (Fsp3) is 0.900. The molecular formula is C10H16O4. The molecule has 1 saturated heterocycles. The maximum Gasteiger partial charge on any atom is 0.306 e. The Hall–Kier alpha value is -0.610. The van der Waals surface area contributed by atoms with Crippen molar-refractivity contribution in [2.45, 2.75) is 37.9 Å². The maximum atomic E-state index is 11.0. The van der Waals surface area contributed by atoms with Gasteiger partial charge in [-0.05, 0) is 25.2 Å². The van der Waals surface area contributed by atoms with Crippen LogP contribution < -0.4 is 0 Å². The van der Waals surface area contributed by atoms with Crippen molar-refractivity contribution >= 4 is 5.97 Å². The highest BCUT2D eigenvalue weighted by atomic mass is 16.5. The summed E-state index contributed by atoms with van der Waals surface area (Å²) in [5.41, 5.74) is 0. The Morgan fingerprint density at radius 1 is 1.57 bits per heavy atom. The van der Waals surface area contributed by atoms with E-state index in [1.54, 1.807) is 0 Å². The molecule has 2 N–H and O–H groups in total. The zero-order valence-electron chi connectivity index (χ0n) is 8.06. The van der Waals surface area contributed by atoms with Crippen LogP contribution in [0.1, 0.15) is 25.7 Å². The lowest BCUT2D eigenvalue weighted by Crippen LogP contribution is -2.28. The fourth-order valence-electron chi connectivity index (χ4n) is 2.28. The van der Waals surface area contributed by atoms with E-state index in [0.29, 0.717) is 6.42 Å². The van der Waals surface area contributed by atoms with Crippen LogP contribution >= 0.6 is 0 Å². The van der Waals surface area contributed by atoms with E-state index in [1.165, 1.54) is 0 Å². The van der Waals surface area contributed by atoms with Gasteiger partial charge in [0.15, 0.2) is 0 Å². The Morgan fingerprint density at radius 2 is 2.36 bits per heavy atom. The van der Waals surface area contributed by atoms with Gasteiger partial charge in [0, 0.05) is 12.3 Å². The van der Waals surface area contributed by atoms with Crippen molar-refractivity contribution < 1.29 is 19.7 Å². The molecule has 14 heavy (non-hydrogen) atoms. The summed E-state index contributed by atoms with van der Waals surface area (Å²) < 4.78 is 5.20. The lowest BCUT2D eigenvalue weighted by atomic mass is 10.0. The molecule has 0 amide bonds.